The van der Waals surface area contributed by atoms with Gasteiger partial charge in [0.1, 0.15) is 5.78 Å². The highest BCUT2D eigenvalue weighted by molar-refractivity contribution is 5.85. The molecule has 0 saturated carbocycles. The first-order valence-corrected chi connectivity index (χ1v) is 4.12. The van der Waals surface area contributed by atoms with Crippen molar-refractivity contribution in [1.82, 2.24) is 4.90 Å². The second-order valence-corrected chi connectivity index (χ2v) is 3.36. The van der Waals surface area contributed by atoms with Gasteiger partial charge in [0.25, 0.3) is 0 Å². The Bertz CT molecular complexity index is 144. The minimum Gasteiger partial charge on any atom is -0.298 e. The Kier molecular flexibility index (Phi) is 2.90. The fourth-order valence-electron chi connectivity index (χ4n) is 2.05. The molecule has 1 unspecified atom stereocenters. The number of Topliss-reactive ketones (excluding diaryl/α,β-unsaturated/α-hetero) is 1. The third kappa shape index (κ3) is 1.74. The molecule has 2 aliphatic rings. The molecule has 2 saturated heterocycles. The summed E-state index contributed by atoms with van der Waals surface area (Å²) in [5.41, 5.74) is 0. The van der Waals surface area contributed by atoms with Crippen LogP contribution in [0, 0.1) is 0 Å². The molecule has 1 atom stereocenters. The summed E-state index contributed by atoms with van der Waals surface area (Å²) in [5, 5.41) is 0. The number of carbonyl (C=O) groups is 1. The summed E-state index contributed by atoms with van der Waals surface area (Å²) in [7, 11) is 0. The fourth-order valence-corrected chi connectivity index (χ4v) is 2.05. The number of ketones is 1. The first-order valence-electron chi connectivity index (χ1n) is 4.12. The summed E-state index contributed by atoms with van der Waals surface area (Å²) >= 11 is 0. The summed E-state index contributed by atoms with van der Waals surface area (Å²) in [5.74, 6) is 0.451. The summed E-state index contributed by atoms with van der Waals surface area (Å²) in [6.07, 6.45) is 4.71. The highest BCUT2D eigenvalue weighted by atomic mass is 35.5. The zero-order valence-electron chi connectivity index (χ0n) is 6.58. The second kappa shape index (κ2) is 3.55. The lowest BCUT2D eigenvalue weighted by Crippen LogP contribution is -2.34. The van der Waals surface area contributed by atoms with Crippen molar-refractivity contribution in [3.05, 3.63) is 0 Å². The van der Waals surface area contributed by atoms with Gasteiger partial charge in [0.15, 0.2) is 0 Å². The molecule has 2 fully saturated rings. The summed E-state index contributed by atoms with van der Waals surface area (Å²) in [6.45, 7) is 1.90. The molecule has 0 aromatic rings. The Balaban J connectivity index is 0.000000605. The lowest BCUT2D eigenvalue weighted by molar-refractivity contribution is -0.116. The van der Waals surface area contributed by atoms with Crippen molar-refractivity contribution in [3.63, 3.8) is 0 Å². The molecule has 3 heteroatoms. The highest BCUT2D eigenvalue weighted by Crippen LogP contribution is 2.24. The van der Waals surface area contributed by atoms with Crippen LogP contribution in [0.15, 0.2) is 0 Å². The standard InChI is InChI=1S/C8H13NO.ClH/c10-8-5-7-3-1-2-4-9(7)6-8;/h7H,1-6H2;1H. The Morgan fingerprint density at radius 1 is 1.36 bits per heavy atom. The van der Waals surface area contributed by atoms with Crippen molar-refractivity contribution in [2.24, 2.45) is 0 Å². The molecular formula is C8H14ClNO. The van der Waals surface area contributed by atoms with Gasteiger partial charge in [-0.15, -0.1) is 12.4 Å². The fraction of sp³-hybridized carbons (Fsp3) is 0.875. The summed E-state index contributed by atoms with van der Waals surface area (Å²) in [6, 6.07) is 0.626. The van der Waals surface area contributed by atoms with Gasteiger partial charge in [-0.05, 0) is 19.4 Å². The van der Waals surface area contributed by atoms with Crippen molar-refractivity contribution in [2.75, 3.05) is 13.1 Å². The zero-order valence-corrected chi connectivity index (χ0v) is 7.40. The van der Waals surface area contributed by atoms with Gasteiger partial charge in [-0.25, -0.2) is 0 Å². The van der Waals surface area contributed by atoms with E-state index in [1.165, 1.54) is 19.3 Å². The first kappa shape index (κ1) is 9.01. The van der Waals surface area contributed by atoms with Gasteiger partial charge in [0.05, 0.1) is 6.54 Å². The van der Waals surface area contributed by atoms with E-state index in [2.05, 4.69) is 4.90 Å². The average molecular weight is 176 g/mol. The normalized spacial score (nSPS) is 31.3. The van der Waals surface area contributed by atoms with Gasteiger partial charge in [0, 0.05) is 12.5 Å². The van der Waals surface area contributed by atoms with E-state index in [0.717, 1.165) is 19.5 Å². The quantitative estimate of drug-likeness (QED) is 0.552. The third-order valence-corrected chi connectivity index (χ3v) is 2.59. The van der Waals surface area contributed by atoms with Gasteiger partial charge in [0.2, 0.25) is 0 Å². The number of hydrogen-bond acceptors (Lipinski definition) is 2. The van der Waals surface area contributed by atoms with Gasteiger partial charge in [-0.2, -0.15) is 0 Å². The van der Waals surface area contributed by atoms with Crippen LogP contribution in [-0.2, 0) is 4.79 Å². The Morgan fingerprint density at radius 3 is 2.91 bits per heavy atom. The first-order chi connectivity index (χ1) is 4.86. The van der Waals surface area contributed by atoms with E-state index in [-0.39, 0.29) is 12.4 Å². The van der Waals surface area contributed by atoms with Gasteiger partial charge in [-0.3, -0.25) is 9.69 Å². The highest BCUT2D eigenvalue weighted by Gasteiger charge is 2.31. The monoisotopic (exact) mass is 175 g/mol. The predicted octanol–water partition coefficient (Wildman–Crippen LogP) is 1.24. The number of piperidine rings is 1. The summed E-state index contributed by atoms with van der Waals surface area (Å²) in [4.78, 5) is 13.3. The predicted molar refractivity (Wildman–Crippen MR) is 46.1 cm³/mol. The number of hydrogen-bond donors (Lipinski definition) is 0. The maximum Gasteiger partial charge on any atom is 0.148 e. The smallest absolute Gasteiger partial charge is 0.148 e. The maximum absolute atomic E-state index is 11.0. The van der Waals surface area contributed by atoms with Crippen LogP contribution in [0.1, 0.15) is 25.7 Å². The third-order valence-electron chi connectivity index (χ3n) is 2.59. The van der Waals surface area contributed by atoms with Gasteiger partial charge in [-0.1, -0.05) is 6.42 Å². The molecule has 0 amide bonds. The van der Waals surface area contributed by atoms with E-state index in [1.54, 1.807) is 0 Å². The van der Waals surface area contributed by atoms with Crippen LogP contribution in [0.3, 0.4) is 0 Å². The molecule has 11 heavy (non-hydrogen) atoms. The van der Waals surface area contributed by atoms with Crippen molar-refractivity contribution in [1.29, 1.82) is 0 Å². The molecule has 2 aliphatic heterocycles. The minimum absolute atomic E-state index is 0. The molecule has 64 valence electrons. The number of rotatable bonds is 0. The van der Waals surface area contributed by atoms with Crippen molar-refractivity contribution >= 4 is 18.2 Å². The molecule has 0 N–H and O–H groups in total. The number of nitrogens with zero attached hydrogens (tertiary/aromatic N) is 1. The van der Waals surface area contributed by atoms with Crippen LogP contribution >= 0.6 is 12.4 Å². The van der Waals surface area contributed by atoms with Crippen LogP contribution in [0.25, 0.3) is 0 Å². The molecule has 0 spiro atoms. The number of carbonyl (C=O) groups excluding carboxylic acids is 1. The van der Waals surface area contributed by atoms with E-state index in [1.807, 2.05) is 0 Å². The van der Waals surface area contributed by atoms with Crippen LogP contribution in [0.2, 0.25) is 0 Å². The van der Waals surface area contributed by atoms with E-state index in [0.29, 0.717) is 11.8 Å². The van der Waals surface area contributed by atoms with Crippen LogP contribution < -0.4 is 0 Å². The molecule has 0 bridgehead atoms. The summed E-state index contributed by atoms with van der Waals surface area (Å²) < 4.78 is 0. The van der Waals surface area contributed by atoms with Gasteiger partial charge >= 0.3 is 0 Å². The van der Waals surface area contributed by atoms with Crippen molar-refractivity contribution < 1.29 is 4.79 Å². The lowest BCUT2D eigenvalue weighted by atomic mass is 10.0. The molecule has 0 aliphatic carbocycles. The molecule has 2 rings (SSSR count). The Hall–Kier alpha value is -0.0800. The molecule has 0 aromatic carbocycles. The SMILES string of the molecule is Cl.O=C1CC2CCCCN2C1. The number of fused-ring (bicyclic) bond motifs is 1. The molecule has 0 radical (unpaired) electrons. The van der Waals surface area contributed by atoms with Crippen LogP contribution in [0.4, 0.5) is 0 Å². The van der Waals surface area contributed by atoms with Crippen LogP contribution in [-0.4, -0.2) is 29.8 Å². The minimum atomic E-state index is 0. The number of halogens is 1. The van der Waals surface area contributed by atoms with E-state index < -0.39 is 0 Å². The zero-order chi connectivity index (χ0) is 6.97. The van der Waals surface area contributed by atoms with Gasteiger partial charge < -0.3 is 0 Å². The Labute approximate surface area is 73.4 Å². The average Bonchev–Trinajstić information content (AvgIpc) is 2.27. The van der Waals surface area contributed by atoms with E-state index in [4.69, 9.17) is 0 Å². The Morgan fingerprint density at radius 2 is 2.18 bits per heavy atom. The second-order valence-electron chi connectivity index (χ2n) is 3.36. The van der Waals surface area contributed by atoms with Crippen LogP contribution in [0.5, 0.6) is 0 Å². The topological polar surface area (TPSA) is 20.3 Å². The molecule has 2 heterocycles. The lowest BCUT2D eigenvalue weighted by Gasteiger charge is -2.27. The molecule has 0 aromatic heterocycles. The van der Waals surface area contributed by atoms with Crippen molar-refractivity contribution in [3.8, 4) is 0 Å². The molecule has 2 nitrogen and oxygen atoms in total. The largest absolute Gasteiger partial charge is 0.298 e. The van der Waals surface area contributed by atoms with E-state index >= 15 is 0 Å². The molecular weight excluding hydrogens is 162 g/mol. The maximum atomic E-state index is 11.0. The van der Waals surface area contributed by atoms with E-state index in [9.17, 15) is 4.79 Å². The van der Waals surface area contributed by atoms with Crippen molar-refractivity contribution in [2.45, 2.75) is 31.7 Å².